The summed E-state index contributed by atoms with van der Waals surface area (Å²) in [5.74, 6) is 0.0445. The van der Waals surface area contributed by atoms with Gasteiger partial charge >= 0.3 is 0 Å². The monoisotopic (exact) mass is 344 g/mol. The summed E-state index contributed by atoms with van der Waals surface area (Å²) in [7, 11) is 3.99. The van der Waals surface area contributed by atoms with E-state index in [-0.39, 0.29) is 5.91 Å². The fraction of sp³-hybridized carbons (Fsp3) is 0.174. The number of carbonyl (C=O) groups is 1. The van der Waals surface area contributed by atoms with Crippen molar-refractivity contribution in [3.05, 3.63) is 102 Å². The number of nitrogens with zero attached hydrogens (tertiary/aromatic N) is 2. The quantitative estimate of drug-likeness (QED) is 0.653. The zero-order chi connectivity index (χ0) is 18.4. The highest BCUT2D eigenvalue weighted by Crippen LogP contribution is 2.17. The van der Waals surface area contributed by atoms with Crippen molar-refractivity contribution in [3.63, 3.8) is 0 Å². The van der Waals surface area contributed by atoms with Gasteiger partial charge in [-0.05, 0) is 35.4 Å². The molecule has 0 bridgehead atoms. The smallest absolute Gasteiger partial charge is 0.254 e. The van der Waals surface area contributed by atoms with Gasteiger partial charge in [-0.1, -0.05) is 60.7 Å². The molecule has 26 heavy (non-hydrogen) atoms. The molecule has 1 amide bonds. The molecule has 0 spiro atoms. The van der Waals surface area contributed by atoms with E-state index in [2.05, 4.69) is 24.3 Å². The topological polar surface area (TPSA) is 23.6 Å². The number of hydrogen-bond acceptors (Lipinski definition) is 2. The Morgan fingerprint density at radius 3 is 1.58 bits per heavy atom. The van der Waals surface area contributed by atoms with Gasteiger partial charge in [0.05, 0.1) is 0 Å². The molecular weight excluding hydrogens is 320 g/mol. The minimum Gasteiger partial charge on any atom is -0.378 e. The van der Waals surface area contributed by atoms with Gasteiger partial charge in [-0.25, -0.2) is 0 Å². The Hall–Kier alpha value is -3.07. The average molecular weight is 344 g/mol. The maximum atomic E-state index is 13.1. The molecule has 0 aromatic heterocycles. The van der Waals surface area contributed by atoms with E-state index in [0.29, 0.717) is 18.7 Å². The lowest BCUT2D eigenvalue weighted by atomic mass is 10.1. The van der Waals surface area contributed by atoms with Gasteiger partial charge in [0.15, 0.2) is 0 Å². The van der Waals surface area contributed by atoms with E-state index in [1.165, 1.54) is 0 Å². The maximum Gasteiger partial charge on any atom is 0.254 e. The van der Waals surface area contributed by atoms with E-state index in [1.54, 1.807) is 0 Å². The van der Waals surface area contributed by atoms with Crippen LogP contribution in [0.15, 0.2) is 84.9 Å². The minimum absolute atomic E-state index is 0.0445. The van der Waals surface area contributed by atoms with E-state index in [4.69, 9.17) is 0 Å². The SMILES string of the molecule is CN(C)c1ccc(C(=O)N(Cc2ccccc2)Cc2ccccc2)cc1. The largest absolute Gasteiger partial charge is 0.378 e. The van der Waals surface area contributed by atoms with Crippen molar-refractivity contribution in [1.29, 1.82) is 0 Å². The van der Waals surface area contributed by atoms with E-state index in [0.717, 1.165) is 16.8 Å². The first kappa shape index (κ1) is 17.7. The minimum atomic E-state index is 0.0445. The van der Waals surface area contributed by atoms with Crippen LogP contribution in [0.4, 0.5) is 5.69 Å². The first-order chi connectivity index (χ1) is 12.6. The molecule has 3 aromatic carbocycles. The predicted octanol–water partition coefficient (Wildman–Crippen LogP) is 4.60. The lowest BCUT2D eigenvalue weighted by Gasteiger charge is -2.23. The van der Waals surface area contributed by atoms with Crippen LogP contribution >= 0.6 is 0 Å². The van der Waals surface area contributed by atoms with Crippen LogP contribution in [0.2, 0.25) is 0 Å². The summed E-state index contributed by atoms with van der Waals surface area (Å²) in [6.07, 6.45) is 0. The fourth-order valence-corrected chi connectivity index (χ4v) is 2.89. The van der Waals surface area contributed by atoms with Crippen LogP contribution < -0.4 is 4.90 Å². The van der Waals surface area contributed by atoms with Crippen LogP contribution in [-0.4, -0.2) is 24.9 Å². The average Bonchev–Trinajstić information content (AvgIpc) is 2.68. The summed E-state index contributed by atoms with van der Waals surface area (Å²) < 4.78 is 0. The maximum absolute atomic E-state index is 13.1. The molecule has 0 saturated heterocycles. The Bertz CT molecular complexity index is 786. The molecular formula is C23H24N2O. The van der Waals surface area contributed by atoms with Crippen LogP contribution in [0.3, 0.4) is 0 Å². The van der Waals surface area contributed by atoms with Gasteiger partial charge in [0, 0.05) is 38.4 Å². The molecule has 0 atom stereocenters. The molecule has 132 valence electrons. The number of rotatable bonds is 6. The zero-order valence-electron chi connectivity index (χ0n) is 15.3. The lowest BCUT2D eigenvalue weighted by Crippen LogP contribution is -2.30. The van der Waals surface area contributed by atoms with Crippen LogP contribution in [0.5, 0.6) is 0 Å². The third-order valence-corrected chi connectivity index (χ3v) is 4.35. The number of hydrogen-bond donors (Lipinski definition) is 0. The van der Waals surface area contributed by atoms with Crippen LogP contribution in [-0.2, 0) is 13.1 Å². The van der Waals surface area contributed by atoms with Crippen LogP contribution in [0.1, 0.15) is 21.5 Å². The fourth-order valence-electron chi connectivity index (χ4n) is 2.89. The summed E-state index contributed by atoms with van der Waals surface area (Å²) in [6.45, 7) is 1.17. The first-order valence-corrected chi connectivity index (χ1v) is 8.78. The highest BCUT2D eigenvalue weighted by molar-refractivity contribution is 5.94. The van der Waals surface area contributed by atoms with Gasteiger partial charge in [0.2, 0.25) is 0 Å². The third kappa shape index (κ3) is 4.51. The van der Waals surface area contributed by atoms with Crippen molar-refractivity contribution in [2.24, 2.45) is 0 Å². The lowest BCUT2D eigenvalue weighted by molar-refractivity contribution is 0.0730. The summed E-state index contributed by atoms with van der Waals surface area (Å²) in [5, 5.41) is 0. The highest BCUT2D eigenvalue weighted by atomic mass is 16.2. The van der Waals surface area contributed by atoms with Crippen molar-refractivity contribution in [1.82, 2.24) is 4.90 Å². The van der Waals surface area contributed by atoms with Crippen molar-refractivity contribution >= 4 is 11.6 Å². The number of amides is 1. The number of anilines is 1. The molecule has 3 heteroatoms. The molecule has 0 heterocycles. The Balaban J connectivity index is 1.84. The molecule has 0 N–H and O–H groups in total. The summed E-state index contributed by atoms with van der Waals surface area (Å²) in [5.41, 5.74) is 4.05. The predicted molar refractivity (Wildman–Crippen MR) is 107 cm³/mol. The molecule has 0 aliphatic heterocycles. The summed E-state index contributed by atoms with van der Waals surface area (Å²) >= 11 is 0. The van der Waals surface area contributed by atoms with E-state index in [1.807, 2.05) is 84.6 Å². The molecule has 0 radical (unpaired) electrons. The normalized spacial score (nSPS) is 10.4. The second kappa shape index (κ2) is 8.34. The molecule has 0 saturated carbocycles. The van der Waals surface area contributed by atoms with E-state index in [9.17, 15) is 4.79 Å². The molecule has 0 aliphatic carbocycles. The Labute approximate surface area is 155 Å². The Morgan fingerprint density at radius 1 is 0.692 bits per heavy atom. The van der Waals surface area contributed by atoms with Gasteiger partial charge in [0.1, 0.15) is 0 Å². The van der Waals surface area contributed by atoms with Gasteiger partial charge < -0.3 is 9.80 Å². The molecule has 0 fully saturated rings. The Kier molecular flexibility index (Phi) is 5.69. The number of benzene rings is 3. The summed E-state index contributed by atoms with van der Waals surface area (Å²) in [4.78, 5) is 17.1. The summed E-state index contributed by atoms with van der Waals surface area (Å²) in [6, 6.07) is 28.0. The van der Waals surface area contributed by atoms with Crippen molar-refractivity contribution in [2.45, 2.75) is 13.1 Å². The van der Waals surface area contributed by atoms with E-state index >= 15 is 0 Å². The second-order valence-corrected chi connectivity index (χ2v) is 6.57. The Morgan fingerprint density at radius 2 is 1.15 bits per heavy atom. The highest BCUT2D eigenvalue weighted by Gasteiger charge is 2.17. The van der Waals surface area contributed by atoms with Crippen molar-refractivity contribution in [3.8, 4) is 0 Å². The molecule has 0 unspecified atom stereocenters. The van der Waals surface area contributed by atoms with Crippen molar-refractivity contribution < 1.29 is 4.79 Å². The molecule has 0 aliphatic rings. The molecule has 3 aromatic rings. The number of carbonyl (C=O) groups excluding carboxylic acids is 1. The van der Waals surface area contributed by atoms with Crippen LogP contribution in [0.25, 0.3) is 0 Å². The molecule has 3 rings (SSSR count). The van der Waals surface area contributed by atoms with Gasteiger partial charge in [-0.15, -0.1) is 0 Å². The van der Waals surface area contributed by atoms with Crippen molar-refractivity contribution in [2.75, 3.05) is 19.0 Å². The third-order valence-electron chi connectivity index (χ3n) is 4.35. The van der Waals surface area contributed by atoms with Gasteiger partial charge in [-0.3, -0.25) is 4.79 Å². The van der Waals surface area contributed by atoms with Crippen LogP contribution in [0, 0.1) is 0 Å². The van der Waals surface area contributed by atoms with E-state index < -0.39 is 0 Å². The van der Waals surface area contributed by atoms with Gasteiger partial charge in [0.25, 0.3) is 5.91 Å². The first-order valence-electron chi connectivity index (χ1n) is 8.78. The second-order valence-electron chi connectivity index (χ2n) is 6.57. The standard InChI is InChI=1S/C23H24N2O/c1-24(2)22-15-13-21(14-16-22)23(26)25(17-19-9-5-3-6-10-19)18-20-11-7-4-8-12-20/h3-16H,17-18H2,1-2H3. The zero-order valence-corrected chi connectivity index (χ0v) is 15.3. The molecule has 3 nitrogen and oxygen atoms in total. The van der Waals surface area contributed by atoms with Gasteiger partial charge in [-0.2, -0.15) is 0 Å².